The van der Waals surface area contributed by atoms with Crippen LogP contribution in [-0.2, 0) is 9.63 Å². The summed E-state index contributed by atoms with van der Waals surface area (Å²) in [5.41, 5.74) is 2.42. The molecule has 0 aliphatic heterocycles. The highest BCUT2D eigenvalue weighted by Gasteiger charge is 2.14. The van der Waals surface area contributed by atoms with Gasteiger partial charge in [-0.3, -0.25) is 4.79 Å². The van der Waals surface area contributed by atoms with Crippen LogP contribution in [-0.4, -0.2) is 32.4 Å². The summed E-state index contributed by atoms with van der Waals surface area (Å²) in [5, 5.41) is 7.02. The predicted molar refractivity (Wildman–Crippen MR) is 103 cm³/mol. The second kappa shape index (κ2) is 9.10. The molecule has 0 spiro atoms. The van der Waals surface area contributed by atoms with Crippen LogP contribution in [0, 0.1) is 6.92 Å². The Morgan fingerprint density at radius 3 is 2.65 bits per heavy atom. The van der Waals surface area contributed by atoms with E-state index in [1.807, 2.05) is 31.2 Å². The molecule has 138 valence electrons. The van der Waals surface area contributed by atoms with E-state index in [1.54, 1.807) is 19.1 Å². The smallest absolute Gasteiger partial charge is 0.267 e. The summed E-state index contributed by atoms with van der Waals surface area (Å²) in [6.07, 6.45) is 0.687. The fraction of sp³-hybridized carbons (Fsp3) is 0.263. The number of rotatable bonds is 7. The zero-order chi connectivity index (χ0) is 19.1. The van der Waals surface area contributed by atoms with E-state index < -0.39 is 6.10 Å². The summed E-state index contributed by atoms with van der Waals surface area (Å²) in [5.74, 6) is 0.628. The molecule has 0 aromatic heterocycles. The third kappa shape index (κ3) is 5.13. The SMILES string of the molecule is COc1cc(/C=N\O[C@H](C)C(=O)Nc2cccc(C)c2)cc(Cl)c1OC. The van der Waals surface area contributed by atoms with Crippen molar-refractivity contribution in [3.05, 3.63) is 52.5 Å². The molecule has 1 N–H and O–H groups in total. The van der Waals surface area contributed by atoms with Crippen LogP contribution in [0.5, 0.6) is 11.5 Å². The third-order valence-electron chi connectivity index (χ3n) is 3.53. The lowest BCUT2D eigenvalue weighted by molar-refractivity contribution is -0.126. The Kier molecular flexibility index (Phi) is 6.86. The van der Waals surface area contributed by atoms with E-state index in [-0.39, 0.29) is 5.91 Å². The van der Waals surface area contributed by atoms with Crippen LogP contribution in [0.4, 0.5) is 5.69 Å². The number of ether oxygens (including phenoxy) is 2. The standard InChI is InChI=1S/C19H21ClN2O4/c1-12-6-5-7-15(8-12)22-19(23)13(2)26-21-11-14-9-16(20)18(25-4)17(10-14)24-3/h5-11,13H,1-4H3,(H,22,23)/b21-11-/t13-/m1/s1. The largest absolute Gasteiger partial charge is 0.493 e. The van der Waals surface area contributed by atoms with Gasteiger partial charge in [0.05, 0.1) is 25.5 Å². The number of methoxy groups -OCH3 is 2. The highest BCUT2D eigenvalue weighted by Crippen LogP contribution is 2.35. The second-order valence-electron chi connectivity index (χ2n) is 5.58. The first-order valence-electron chi connectivity index (χ1n) is 7.93. The van der Waals surface area contributed by atoms with Crippen molar-refractivity contribution in [2.75, 3.05) is 19.5 Å². The fourth-order valence-corrected chi connectivity index (χ4v) is 2.51. The quantitative estimate of drug-likeness (QED) is 0.584. The molecule has 0 aliphatic carbocycles. The third-order valence-corrected chi connectivity index (χ3v) is 3.81. The van der Waals surface area contributed by atoms with Crippen molar-refractivity contribution in [2.45, 2.75) is 20.0 Å². The van der Waals surface area contributed by atoms with E-state index in [2.05, 4.69) is 10.5 Å². The summed E-state index contributed by atoms with van der Waals surface area (Å²) >= 11 is 6.14. The lowest BCUT2D eigenvalue weighted by Crippen LogP contribution is -2.26. The van der Waals surface area contributed by atoms with Crippen molar-refractivity contribution in [3.8, 4) is 11.5 Å². The van der Waals surface area contributed by atoms with Crippen molar-refractivity contribution in [1.82, 2.24) is 0 Å². The van der Waals surface area contributed by atoms with Gasteiger partial charge < -0.3 is 19.6 Å². The van der Waals surface area contributed by atoms with Crippen LogP contribution in [0.3, 0.4) is 0 Å². The van der Waals surface area contributed by atoms with Gasteiger partial charge in [0.25, 0.3) is 5.91 Å². The minimum absolute atomic E-state index is 0.293. The van der Waals surface area contributed by atoms with E-state index in [1.165, 1.54) is 20.4 Å². The predicted octanol–water partition coefficient (Wildman–Crippen LogP) is 4.04. The molecular weight excluding hydrogens is 356 g/mol. The Bertz CT molecular complexity index is 808. The highest BCUT2D eigenvalue weighted by atomic mass is 35.5. The van der Waals surface area contributed by atoms with Crippen LogP contribution in [0.15, 0.2) is 41.6 Å². The van der Waals surface area contributed by atoms with Crippen LogP contribution in [0.25, 0.3) is 0 Å². The topological polar surface area (TPSA) is 69.2 Å². The fourth-order valence-electron chi connectivity index (χ4n) is 2.21. The lowest BCUT2D eigenvalue weighted by Gasteiger charge is -2.11. The van der Waals surface area contributed by atoms with Gasteiger partial charge in [-0.05, 0) is 43.7 Å². The van der Waals surface area contributed by atoms with Gasteiger partial charge in [0.15, 0.2) is 11.5 Å². The Morgan fingerprint density at radius 2 is 2.00 bits per heavy atom. The second-order valence-corrected chi connectivity index (χ2v) is 5.99. The summed E-state index contributed by atoms with van der Waals surface area (Å²) < 4.78 is 10.4. The van der Waals surface area contributed by atoms with Gasteiger partial charge in [-0.15, -0.1) is 0 Å². The Hall–Kier alpha value is -2.73. The molecule has 1 amide bonds. The summed E-state index contributed by atoms with van der Waals surface area (Å²) in [7, 11) is 3.03. The maximum Gasteiger partial charge on any atom is 0.267 e. The molecule has 26 heavy (non-hydrogen) atoms. The van der Waals surface area contributed by atoms with Gasteiger partial charge in [0, 0.05) is 11.3 Å². The number of amides is 1. The Labute approximate surface area is 157 Å². The number of carbonyl (C=O) groups is 1. The number of benzene rings is 2. The molecule has 0 fully saturated rings. The highest BCUT2D eigenvalue weighted by molar-refractivity contribution is 6.32. The molecule has 2 aromatic carbocycles. The first kappa shape index (κ1) is 19.6. The lowest BCUT2D eigenvalue weighted by atomic mass is 10.2. The average Bonchev–Trinajstić information content (AvgIpc) is 2.61. The van der Waals surface area contributed by atoms with E-state index >= 15 is 0 Å². The van der Waals surface area contributed by atoms with Crippen LogP contribution < -0.4 is 14.8 Å². The van der Waals surface area contributed by atoms with E-state index in [9.17, 15) is 4.79 Å². The Morgan fingerprint density at radius 1 is 1.23 bits per heavy atom. The van der Waals surface area contributed by atoms with Crippen molar-refractivity contribution in [1.29, 1.82) is 0 Å². The number of nitrogens with zero attached hydrogens (tertiary/aromatic N) is 1. The first-order valence-corrected chi connectivity index (χ1v) is 8.30. The zero-order valence-corrected chi connectivity index (χ0v) is 15.8. The maximum absolute atomic E-state index is 12.1. The molecule has 0 saturated heterocycles. The van der Waals surface area contributed by atoms with Crippen LogP contribution in [0.1, 0.15) is 18.1 Å². The molecule has 0 heterocycles. The van der Waals surface area contributed by atoms with Gasteiger partial charge in [0.2, 0.25) is 6.10 Å². The molecule has 2 aromatic rings. The summed E-state index contributed by atoms with van der Waals surface area (Å²) in [6, 6.07) is 10.9. The number of carbonyl (C=O) groups excluding carboxylic acids is 1. The molecule has 0 radical (unpaired) electrons. The molecule has 1 atom stereocenters. The van der Waals surface area contributed by atoms with Gasteiger partial charge in [-0.2, -0.15) is 0 Å². The monoisotopic (exact) mass is 376 g/mol. The zero-order valence-electron chi connectivity index (χ0n) is 15.1. The Balaban J connectivity index is 1.99. The van der Waals surface area contributed by atoms with Crippen molar-refractivity contribution < 1.29 is 19.1 Å². The average molecular weight is 377 g/mol. The van der Waals surface area contributed by atoms with Gasteiger partial charge >= 0.3 is 0 Å². The molecule has 0 bridgehead atoms. The minimum atomic E-state index is -0.762. The van der Waals surface area contributed by atoms with Crippen LogP contribution in [0.2, 0.25) is 5.02 Å². The van der Waals surface area contributed by atoms with Crippen molar-refractivity contribution in [2.24, 2.45) is 5.16 Å². The van der Waals surface area contributed by atoms with E-state index in [0.29, 0.717) is 27.8 Å². The number of hydrogen-bond acceptors (Lipinski definition) is 5. The number of halogens is 1. The van der Waals surface area contributed by atoms with Crippen molar-refractivity contribution >= 4 is 29.4 Å². The van der Waals surface area contributed by atoms with Crippen LogP contribution >= 0.6 is 11.6 Å². The number of nitrogens with one attached hydrogen (secondary N) is 1. The molecular formula is C19H21ClN2O4. The van der Waals surface area contributed by atoms with Gasteiger partial charge in [0.1, 0.15) is 0 Å². The van der Waals surface area contributed by atoms with Gasteiger partial charge in [-0.1, -0.05) is 28.9 Å². The van der Waals surface area contributed by atoms with E-state index in [4.69, 9.17) is 25.9 Å². The molecule has 0 saturated carbocycles. The number of hydrogen-bond donors (Lipinski definition) is 1. The molecule has 2 rings (SSSR count). The first-order chi connectivity index (χ1) is 12.4. The molecule has 0 unspecified atom stereocenters. The van der Waals surface area contributed by atoms with Gasteiger partial charge in [-0.25, -0.2) is 0 Å². The number of aryl methyl sites for hydroxylation is 1. The normalized spacial score (nSPS) is 11.9. The van der Waals surface area contributed by atoms with Crippen molar-refractivity contribution in [3.63, 3.8) is 0 Å². The van der Waals surface area contributed by atoms with E-state index in [0.717, 1.165) is 5.56 Å². The summed E-state index contributed by atoms with van der Waals surface area (Å²) in [6.45, 7) is 3.57. The molecule has 7 heteroatoms. The molecule has 6 nitrogen and oxygen atoms in total. The molecule has 0 aliphatic rings. The number of anilines is 1. The maximum atomic E-state index is 12.1. The number of oxime groups is 1. The minimum Gasteiger partial charge on any atom is -0.493 e. The summed E-state index contributed by atoms with van der Waals surface area (Å²) in [4.78, 5) is 17.4.